The van der Waals surface area contributed by atoms with E-state index in [1.807, 2.05) is 0 Å². The van der Waals surface area contributed by atoms with E-state index in [0.29, 0.717) is 5.65 Å². The van der Waals surface area contributed by atoms with E-state index in [4.69, 9.17) is 4.74 Å². The minimum atomic E-state index is -0.539. The molecule has 0 unspecified atom stereocenters. The first-order valence-corrected chi connectivity index (χ1v) is 4.38. The number of hydrogen-bond acceptors (Lipinski definition) is 4. The maximum absolute atomic E-state index is 12.8. The third-order valence-electron chi connectivity index (χ3n) is 1.77. The molecule has 0 aliphatic rings. The summed E-state index contributed by atoms with van der Waals surface area (Å²) in [5.41, 5.74) is 0.523. The standard InChI is InChI=1S/C9H8FN3O2/c1-2-15-9(14)7-3-8-11-4-6(10)5-13(8)12-7/h3-5H,2H2,1H3. The topological polar surface area (TPSA) is 56.5 Å². The van der Waals surface area contributed by atoms with Gasteiger partial charge in [0, 0.05) is 6.07 Å². The van der Waals surface area contributed by atoms with Gasteiger partial charge in [0.1, 0.15) is 0 Å². The van der Waals surface area contributed by atoms with E-state index in [-0.39, 0.29) is 12.3 Å². The van der Waals surface area contributed by atoms with Crippen LogP contribution < -0.4 is 0 Å². The Kier molecular flexibility index (Phi) is 2.32. The van der Waals surface area contributed by atoms with Crippen molar-refractivity contribution in [3.05, 3.63) is 30.0 Å². The van der Waals surface area contributed by atoms with E-state index in [0.717, 1.165) is 12.4 Å². The van der Waals surface area contributed by atoms with E-state index >= 15 is 0 Å². The maximum Gasteiger partial charge on any atom is 0.358 e. The molecular formula is C9H8FN3O2. The van der Waals surface area contributed by atoms with Crippen molar-refractivity contribution in [3.8, 4) is 0 Å². The number of esters is 1. The highest BCUT2D eigenvalue weighted by Crippen LogP contribution is 2.05. The highest BCUT2D eigenvalue weighted by Gasteiger charge is 2.12. The number of hydrogen-bond donors (Lipinski definition) is 0. The lowest BCUT2D eigenvalue weighted by Crippen LogP contribution is -2.05. The molecule has 0 aromatic carbocycles. The van der Waals surface area contributed by atoms with Gasteiger partial charge < -0.3 is 4.74 Å². The van der Waals surface area contributed by atoms with Gasteiger partial charge in [-0.15, -0.1) is 0 Å². The first-order chi connectivity index (χ1) is 7.20. The normalized spacial score (nSPS) is 10.5. The minimum absolute atomic E-state index is 0.120. The molecule has 5 nitrogen and oxygen atoms in total. The summed E-state index contributed by atoms with van der Waals surface area (Å²) >= 11 is 0. The van der Waals surface area contributed by atoms with Crippen LogP contribution in [0.15, 0.2) is 18.5 Å². The van der Waals surface area contributed by atoms with Crippen LogP contribution in [0.5, 0.6) is 0 Å². The molecule has 0 bridgehead atoms. The lowest BCUT2D eigenvalue weighted by Gasteiger charge is -1.95. The summed E-state index contributed by atoms with van der Waals surface area (Å²) in [5, 5.41) is 3.83. The Labute approximate surface area is 84.5 Å². The first-order valence-electron chi connectivity index (χ1n) is 4.38. The van der Waals surface area contributed by atoms with Crippen molar-refractivity contribution >= 4 is 11.6 Å². The largest absolute Gasteiger partial charge is 0.461 e. The third kappa shape index (κ3) is 1.78. The molecule has 0 radical (unpaired) electrons. The smallest absolute Gasteiger partial charge is 0.358 e. The van der Waals surface area contributed by atoms with Crippen molar-refractivity contribution in [2.75, 3.05) is 6.61 Å². The SMILES string of the molecule is CCOC(=O)c1cc2ncc(F)cn2n1. The number of carbonyl (C=O) groups excluding carboxylic acids is 1. The summed E-state index contributed by atoms with van der Waals surface area (Å²) in [6.07, 6.45) is 2.21. The number of carbonyl (C=O) groups is 1. The Morgan fingerprint density at radius 1 is 1.67 bits per heavy atom. The summed E-state index contributed by atoms with van der Waals surface area (Å²) in [4.78, 5) is 15.0. The number of ether oxygens (including phenoxy) is 1. The van der Waals surface area contributed by atoms with Gasteiger partial charge in [0.25, 0.3) is 0 Å². The van der Waals surface area contributed by atoms with Crippen LogP contribution in [0.4, 0.5) is 4.39 Å². The molecule has 2 heterocycles. The van der Waals surface area contributed by atoms with Crippen molar-refractivity contribution in [1.29, 1.82) is 0 Å². The van der Waals surface area contributed by atoms with E-state index in [9.17, 15) is 9.18 Å². The van der Waals surface area contributed by atoms with E-state index in [2.05, 4.69) is 10.1 Å². The quantitative estimate of drug-likeness (QED) is 0.693. The number of halogens is 1. The second kappa shape index (κ2) is 3.64. The Hall–Kier alpha value is -1.98. The molecule has 78 valence electrons. The van der Waals surface area contributed by atoms with E-state index < -0.39 is 11.8 Å². The second-order valence-corrected chi connectivity index (χ2v) is 2.82. The van der Waals surface area contributed by atoms with Crippen LogP contribution in [0.3, 0.4) is 0 Å². The van der Waals surface area contributed by atoms with Gasteiger partial charge in [0.2, 0.25) is 0 Å². The fourth-order valence-corrected chi connectivity index (χ4v) is 1.16. The van der Waals surface area contributed by atoms with Crippen LogP contribution in [-0.4, -0.2) is 27.2 Å². The van der Waals surface area contributed by atoms with Crippen LogP contribution in [0.25, 0.3) is 5.65 Å². The van der Waals surface area contributed by atoms with Gasteiger partial charge in [-0.3, -0.25) is 0 Å². The molecule has 0 atom stereocenters. The van der Waals surface area contributed by atoms with Crippen LogP contribution in [0, 0.1) is 5.82 Å². The average molecular weight is 209 g/mol. The summed E-state index contributed by atoms with van der Waals surface area (Å²) in [6, 6.07) is 1.44. The number of aromatic nitrogens is 3. The van der Waals surface area contributed by atoms with Gasteiger partial charge in [-0.2, -0.15) is 5.10 Å². The third-order valence-corrected chi connectivity index (χ3v) is 1.77. The van der Waals surface area contributed by atoms with Crippen molar-refractivity contribution in [2.45, 2.75) is 6.92 Å². The lowest BCUT2D eigenvalue weighted by molar-refractivity contribution is 0.0519. The molecule has 0 saturated heterocycles. The van der Waals surface area contributed by atoms with Gasteiger partial charge >= 0.3 is 5.97 Å². The predicted molar refractivity (Wildman–Crippen MR) is 48.9 cm³/mol. The fraction of sp³-hybridized carbons (Fsp3) is 0.222. The van der Waals surface area contributed by atoms with Crippen LogP contribution >= 0.6 is 0 Å². The Bertz CT molecular complexity index is 509. The molecule has 0 N–H and O–H groups in total. The van der Waals surface area contributed by atoms with Crippen molar-refractivity contribution in [2.24, 2.45) is 0 Å². The predicted octanol–water partition coefficient (Wildman–Crippen LogP) is 1.05. The molecule has 0 spiro atoms. The molecule has 2 rings (SSSR count). The molecule has 0 aliphatic heterocycles. The summed E-state index contributed by atoms with van der Waals surface area (Å²) in [5.74, 6) is -1.05. The lowest BCUT2D eigenvalue weighted by atomic mass is 10.4. The van der Waals surface area contributed by atoms with Crippen LogP contribution in [0.2, 0.25) is 0 Å². The zero-order valence-corrected chi connectivity index (χ0v) is 7.98. The number of fused-ring (bicyclic) bond motifs is 1. The molecule has 0 amide bonds. The maximum atomic E-state index is 12.8. The van der Waals surface area contributed by atoms with E-state index in [1.54, 1.807) is 6.92 Å². The average Bonchev–Trinajstić information content (AvgIpc) is 2.60. The van der Waals surface area contributed by atoms with Crippen LogP contribution in [0.1, 0.15) is 17.4 Å². The minimum Gasteiger partial charge on any atom is -0.461 e. The fourth-order valence-electron chi connectivity index (χ4n) is 1.16. The molecule has 0 fully saturated rings. The monoisotopic (exact) mass is 209 g/mol. The number of nitrogens with zero attached hydrogens (tertiary/aromatic N) is 3. The highest BCUT2D eigenvalue weighted by molar-refractivity contribution is 5.88. The summed E-state index contributed by atoms with van der Waals surface area (Å²) in [7, 11) is 0. The summed E-state index contributed by atoms with van der Waals surface area (Å²) in [6.45, 7) is 1.97. The molecule has 0 saturated carbocycles. The molecule has 15 heavy (non-hydrogen) atoms. The summed E-state index contributed by atoms with van der Waals surface area (Å²) < 4.78 is 18.7. The molecule has 6 heteroatoms. The Morgan fingerprint density at radius 2 is 2.47 bits per heavy atom. The van der Waals surface area contributed by atoms with Crippen molar-refractivity contribution in [1.82, 2.24) is 14.6 Å². The Morgan fingerprint density at radius 3 is 3.20 bits per heavy atom. The highest BCUT2D eigenvalue weighted by atomic mass is 19.1. The van der Waals surface area contributed by atoms with Gasteiger partial charge in [-0.25, -0.2) is 18.7 Å². The van der Waals surface area contributed by atoms with Crippen LogP contribution in [-0.2, 0) is 4.74 Å². The zero-order chi connectivity index (χ0) is 10.8. The molecule has 2 aromatic rings. The van der Waals surface area contributed by atoms with E-state index in [1.165, 1.54) is 10.6 Å². The molecule has 2 aromatic heterocycles. The molecular weight excluding hydrogens is 201 g/mol. The van der Waals surface area contributed by atoms with Gasteiger partial charge in [-0.05, 0) is 6.92 Å². The van der Waals surface area contributed by atoms with Gasteiger partial charge in [0.05, 0.1) is 19.0 Å². The van der Waals surface area contributed by atoms with Gasteiger partial charge in [-0.1, -0.05) is 0 Å². The van der Waals surface area contributed by atoms with Gasteiger partial charge in [0.15, 0.2) is 17.2 Å². The second-order valence-electron chi connectivity index (χ2n) is 2.82. The number of rotatable bonds is 2. The van der Waals surface area contributed by atoms with Crippen molar-refractivity contribution in [3.63, 3.8) is 0 Å². The zero-order valence-electron chi connectivity index (χ0n) is 7.98. The Balaban J connectivity index is 2.42. The first kappa shape index (κ1) is 9.57. The van der Waals surface area contributed by atoms with Crippen molar-refractivity contribution < 1.29 is 13.9 Å². The molecule has 0 aliphatic carbocycles.